The summed E-state index contributed by atoms with van der Waals surface area (Å²) in [5, 5.41) is 4.70. The lowest BCUT2D eigenvalue weighted by Gasteiger charge is -2.05. The van der Waals surface area contributed by atoms with Gasteiger partial charge in [-0.3, -0.25) is 4.18 Å². The summed E-state index contributed by atoms with van der Waals surface area (Å²) in [5.74, 6) is 0.751. The van der Waals surface area contributed by atoms with Crippen LogP contribution < -0.4 is 9.88 Å². The molecule has 0 bridgehead atoms. The topological polar surface area (TPSA) is 78.6 Å². The first kappa shape index (κ1) is 13.0. The van der Waals surface area contributed by atoms with Crippen molar-refractivity contribution < 1.29 is 17.3 Å². The van der Waals surface area contributed by atoms with E-state index in [4.69, 9.17) is 9.88 Å². The minimum Gasteiger partial charge on any atom is -0.494 e. The van der Waals surface area contributed by atoms with Gasteiger partial charge in [0.15, 0.2) is 0 Å². The average Bonchev–Trinajstić information content (AvgIpc) is 2.24. The molecule has 0 aliphatic carbocycles. The molecule has 0 aromatic heterocycles. The summed E-state index contributed by atoms with van der Waals surface area (Å²) in [6.07, 6.45) is 0.941. The molecule has 1 aromatic rings. The summed E-state index contributed by atoms with van der Waals surface area (Å²) >= 11 is 0. The van der Waals surface area contributed by atoms with E-state index in [0.29, 0.717) is 6.61 Å². The zero-order valence-electron chi connectivity index (χ0n) is 9.05. The average molecular weight is 245 g/mol. The molecular formula is C10H15NO4S. The number of benzene rings is 1. The van der Waals surface area contributed by atoms with Gasteiger partial charge < -0.3 is 4.74 Å². The van der Waals surface area contributed by atoms with E-state index in [1.807, 2.05) is 6.92 Å². The van der Waals surface area contributed by atoms with Gasteiger partial charge in [-0.15, -0.1) is 0 Å². The molecule has 0 radical (unpaired) electrons. The van der Waals surface area contributed by atoms with Gasteiger partial charge in [0, 0.05) is 0 Å². The fourth-order valence-corrected chi connectivity index (χ4v) is 1.35. The predicted molar refractivity (Wildman–Crippen MR) is 60.1 cm³/mol. The molecule has 0 spiro atoms. The Morgan fingerprint density at radius 2 is 1.88 bits per heavy atom. The van der Waals surface area contributed by atoms with Crippen LogP contribution in [0.5, 0.6) is 5.75 Å². The molecule has 1 rings (SSSR count). The second-order valence-corrected chi connectivity index (χ2v) is 4.47. The monoisotopic (exact) mass is 245 g/mol. The van der Waals surface area contributed by atoms with Crippen LogP contribution in [-0.2, 0) is 21.1 Å². The first-order valence-corrected chi connectivity index (χ1v) is 6.37. The lowest BCUT2D eigenvalue weighted by molar-refractivity contribution is 0.306. The highest BCUT2D eigenvalue weighted by Crippen LogP contribution is 2.13. The van der Waals surface area contributed by atoms with Crippen molar-refractivity contribution in [3.05, 3.63) is 29.8 Å². The molecule has 16 heavy (non-hydrogen) atoms. The van der Waals surface area contributed by atoms with Gasteiger partial charge in [0.1, 0.15) is 5.75 Å². The number of hydrogen-bond acceptors (Lipinski definition) is 4. The maximum Gasteiger partial charge on any atom is 0.333 e. The van der Waals surface area contributed by atoms with Crippen molar-refractivity contribution in [3.8, 4) is 5.75 Å². The smallest absolute Gasteiger partial charge is 0.333 e. The predicted octanol–water partition coefficient (Wildman–Crippen LogP) is 1.20. The largest absolute Gasteiger partial charge is 0.494 e. The highest BCUT2D eigenvalue weighted by Gasteiger charge is 2.03. The summed E-state index contributed by atoms with van der Waals surface area (Å²) in [5.41, 5.74) is 0.720. The van der Waals surface area contributed by atoms with E-state index >= 15 is 0 Å². The van der Waals surface area contributed by atoms with E-state index in [1.54, 1.807) is 24.3 Å². The molecule has 90 valence electrons. The van der Waals surface area contributed by atoms with Crippen molar-refractivity contribution in [2.24, 2.45) is 5.14 Å². The summed E-state index contributed by atoms with van der Waals surface area (Å²) in [7, 11) is -3.88. The molecule has 0 aliphatic rings. The van der Waals surface area contributed by atoms with Crippen molar-refractivity contribution in [3.63, 3.8) is 0 Å². The molecule has 2 N–H and O–H groups in total. The van der Waals surface area contributed by atoms with Crippen LogP contribution in [0.25, 0.3) is 0 Å². The molecule has 0 aliphatic heterocycles. The molecule has 1 aromatic carbocycles. The Bertz CT molecular complexity index is 413. The van der Waals surface area contributed by atoms with E-state index in [-0.39, 0.29) is 6.61 Å². The quantitative estimate of drug-likeness (QED) is 0.816. The zero-order chi connectivity index (χ0) is 12.0. The highest BCUT2D eigenvalue weighted by atomic mass is 32.2. The molecule has 0 fully saturated rings. The molecule has 0 heterocycles. The van der Waals surface area contributed by atoms with Gasteiger partial charge in [0.2, 0.25) is 0 Å². The standard InChI is InChI=1S/C10H15NO4S/c1-2-7-14-10-5-3-9(4-6-10)8-15-16(11,12)13/h3-6H,2,7-8H2,1H3,(H2,11,12,13). The number of rotatable bonds is 6. The Balaban J connectivity index is 2.51. The lowest BCUT2D eigenvalue weighted by Crippen LogP contribution is -2.15. The summed E-state index contributed by atoms with van der Waals surface area (Å²) in [4.78, 5) is 0. The maximum absolute atomic E-state index is 10.5. The first-order chi connectivity index (χ1) is 7.51. The maximum atomic E-state index is 10.5. The molecule has 0 amide bonds. The third-order valence-electron chi connectivity index (χ3n) is 1.79. The van der Waals surface area contributed by atoms with Crippen LogP contribution in [0.4, 0.5) is 0 Å². The van der Waals surface area contributed by atoms with E-state index in [2.05, 4.69) is 4.18 Å². The Morgan fingerprint density at radius 1 is 1.25 bits per heavy atom. The van der Waals surface area contributed by atoms with Gasteiger partial charge in [-0.25, -0.2) is 5.14 Å². The molecule has 5 nitrogen and oxygen atoms in total. The van der Waals surface area contributed by atoms with E-state index in [9.17, 15) is 8.42 Å². The SMILES string of the molecule is CCCOc1ccc(COS(N)(=O)=O)cc1. The summed E-state index contributed by atoms with van der Waals surface area (Å²) in [6.45, 7) is 2.62. The third-order valence-corrected chi connectivity index (χ3v) is 2.23. The van der Waals surface area contributed by atoms with Crippen LogP contribution in [-0.4, -0.2) is 15.0 Å². The lowest BCUT2D eigenvalue weighted by atomic mass is 10.2. The minimum atomic E-state index is -3.88. The van der Waals surface area contributed by atoms with Crippen molar-refractivity contribution in [1.29, 1.82) is 0 Å². The first-order valence-electron chi connectivity index (χ1n) is 4.90. The highest BCUT2D eigenvalue weighted by molar-refractivity contribution is 7.84. The second kappa shape index (κ2) is 5.83. The Kier molecular flexibility index (Phi) is 4.72. The molecule has 0 saturated heterocycles. The fraction of sp³-hybridized carbons (Fsp3) is 0.400. The Hall–Kier alpha value is -1.11. The molecule has 0 saturated carbocycles. The normalized spacial score (nSPS) is 11.4. The Morgan fingerprint density at radius 3 is 2.38 bits per heavy atom. The van der Waals surface area contributed by atoms with Crippen molar-refractivity contribution in [1.82, 2.24) is 0 Å². The zero-order valence-corrected chi connectivity index (χ0v) is 9.87. The van der Waals surface area contributed by atoms with E-state index < -0.39 is 10.3 Å². The van der Waals surface area contributed by atoms with Crippen LogP contribution >= 0.6 is 0 Å². The van der Waals surface area contributed by atoms with Gasteiger partial charge in [0.05, 0.1) is 13.2 Å². The van der Waals surface area contributed by atoms with Gasteiger partial charge in [-0.1, -0.05) is 19.1 Å². The molecule has 0 unspecified atom stereocenters. The fourth-order valence-electron chi connectivity index (χ4n) is 1.05. The minimum absolute atomic E-state index is 0.0626. The van der Waals surface area contributed by atoms with Crippen molar-refractivity contribution in [2.75, 3.05) is 6.61 Å². The van der Waals surface area contributed by atoms with E-state index in [1.165, 1.54) is 0 Å². The Labute approximate surface area is 95.4 Å². The number of hydrogen-bond donors (Lipinski definition) is 1. The van der Waals surface area contributed by atoms with Gasteiger partial charge in [0.25, 0.3) is 0 Å². The molecular weight excluding hydrogens is 230 g/mol. The molecule has 0 atom stereocenters. The van der Waals surface area contributed by atoms with Crippen molar-refractivity contribution >= 4 is 10.3 Å². The second-order valence-electron chi connectivity index (χ2n) is 3.25. The van der Waals surface area contributed by atoms with Crippen LogP contribution in [0.2, 0.25) is 0 Å². The van der Waals surface area contributed by atoms with Crippen molar-refractivity contribution in [2.45, 2.75) is 20.0 Å². The summed E-state index contributed by atoms with van der Waals surface area (Å²) < 4.78 is 30.9. The third kappa shape index (κ3) is 5.11. The number of ether oxygens (including phenoxy) is 1. The van der Waals surface area contributed by atoms with Crippen LogP contribution in [0.15, 0.2) is 24.3 Å². The van der Waals surface area contributed by atoms with Crippen LogP contribution in [0, 0.1) is 0 Å². The van der Waals surface area contributed by atoms with Gasteiger partial charge in [-0.2, -0.15) is 8.42 Å². The van der Waals surface area contributed by atoms with Gasteiger partial charge in [-0.05, 0) is 24.1 Å². The van der Waals surface area contributed by atoms with Crippen LogP contribution in [0.1, 0.15) is 18.9 Å². The van der Waals surface area contributed by atoms with Crippen LogP contribution in [0.3, 0.4) is 0 Å². The molecule has 6 heteroatoms. The number of nitrogens with two attached hydrogens (primary N) is 1. The van der Waals surface area contributed by atoms with E-state index in [0.717, 1.165) is 17.7 Å². The van der Waals surface area contributed by atoms with Gasteiger partial charge >= 0.3 is 10.3 Å². The summed E-state index contributed by atoms with van der Waals surface area (Å²) in [6, 6.07) is 6.99.